The molecule has 1 aliphatic rings. The molecule has 2 nitrogen and oxygen atoms in total. The highest BCUT2D eigenvalue weighted by Gasteiger charge is 2.30. The van der Waals surface area contributed by atoms with E-state index in [4.69, 9.17) is 10.5 Å². The lowest BCUT2D eigenvalue weighted by atomic mass is 9.93. The van der Waals surface area contributed by atoms with Crippen LogP contribution in [0.25, 0.3) is 0 Å². The number of halogens is 3. The van der Waals surface area contributed by atoms with E-state index in [1.807, 2.05) is 12.1 Å². The molecule has 3 rings (SSSR count). The predicted octanol–water partition coefficient (Wildman–Crippen LogP) is 4.25. The van der Waals surface area contributed by atoms with E-state index in [1.165, 1.54) is 18.2 Å². The maximum Gasteiger partial charge on any atom is 0.133 e. The molecule has 0 radical (unpaired) electrons. The van der Waals surface area contributed by atoms with Gasteiger partial charge in [0.25, 0.3) is 0 Å². The molecule has 2 N–H and O–H groups in total. The molecule has 0 spiro atoms. The Labute approximate surface area is 123 Å². The maximum absolute atomic E-state index is 13.8. The van der Waals surface area contributed by atoms with Crippen molar-refractivity contribution in [3.8, 4) is 5.75 Å². The second-order valence-electron chi connectivity index (χ2n) is 4.77. The van der Waals surface area contributed by atoms with Gasteiger partial charge in [-0.2, -0.15) is 0 Å². The summed E-state index contributed by atoms with van der Waals surface area (Å²) in [5.74, 6) is -0.660. The van der Waals surface area contributed by atoms with Gasteiger partial charge in [0, 0.05) is 22.5 Å². The fourth-order valence-corrected chi connectivity index (χ4v) is 2.81. The quantitative estimate of drug-likeness (QED) is 0.842. The summed E-state index contributed by atoms with van der Waals surface area (Å²) in [4.78, 5) is 0. The van der Waals surface area contributed by atoms with Gasteiger partial charge in [0.15, 0.2) is 0 Å². The summed E-state index contributed by atoms with van der Waals surface area (Å²) in [6, 6.07) is 8.97. The standard InChI is InChI=1S/C15H12BrF2NO/c16-8-4-5-9-12(19)7-14(20-13(9)6-8)15-10(17)2-1-3-11(15)18/h1-6,12,14H,7,19H2/t12-,14?/m0/s1. The summed E-state index contributed by atoms with van der Waals surface area (Å²) in [5, 5.41) is 0. The molecule has 0 fully saturated rings. The van der Waals surface area contributed by atoms with Crippen LogP contribution in [0.2, 0.25) is 0 Å². The molecule has 2 aromatic carbocycles. The van der Waals surface area contributed by atoms with Crippen LogP contribution in [0.3, 0.4) is 0 Å². The van der Waals surface area contributed by atoms with Gasteiger partial charge in [-0.1, -0.05) is 28.1 Å². The van der Waals surface area contributed by atoms with Gasteiger partial charge in [-0.25, -0.2) is 8.78 Å². The Bertz CT molecular complexity index is 642. The molecule has 0 amide bonds. The minimum atomic E-state index is -0.715. The molecule has 1 heterocycles. The average Bonchev–Trinajstić information content (AvgIpc) is 2.38. The Hall–Kier alpha value is -1.46. The third-order valence-electron chi connectivity index (χ3n) is 3.43. The third-order valence-corrected chi connectivity index (χ3v) is 3.93. The summed E-state index contributed by atoms with van der Waals surface area (Å²) in [6.07, 6.45) is -0.375. The van der Waals surface area contributed by atoms with E-state index in [2.05, 4.69) is 15.9 Å². The van der Waals surface area contributed by atoms with Gasteiger partial charge in [-0.05, 0) is 24.3 Å². The van der Waals surface area contributed by atoms with Gasteiger partial charge in [0.2, 0.25) is 0 Å². The monoisotopic (exact) mass is 339 g/mol. The molecule has 5 heteroatoms. The second kappa shape index (κ2) is 5.14. The number of ether oxygens (including phenoxy) is 1. The van der Waals surface area contributed by atoms with Crippen molar-refractivity contribution in [2.45, 2.75) is 18.6 Å². The molecule has 0 saturated carbocycles. The van der Waals surface area contributed by atoms with E-state index in [0.29, 0.717) is 12.2 Å². The fraction of sp³-hybridized carbons (Fsp3) is 0.200. The van der Waals surface area contributed by atoms with Crippen molar-refractivity contribution in [1.82, 2.24) is 0 Å². The van der Waals surface area contributed by atoms with E-state index >= 15 is 0 Å². The maximum atomic E-state index is 13.8. The zero-order valence-corrected chi connectivity index (χ0v) is 12.0. The van der Waals surface area contributed by atoms with Crippen molar-refractivity contribution in [2.24, 2.45) is 5.73 Å². The lowest BCUT2D eigenvalue weighted by molar-refractivity contribution is 0.153. The number of benzene rings is 2. The Morgan fingerprint density at radius 2 is 1.85 bits per heavy atom. The van der Waals surface area contributed by atoms with Crippen LogP contribution in [0.4, 0.5) is 8.78 Å². The smallest absolute Gasteiger partial charge is 0.133 e. The molecule has 104 valence electrons. The average molecular weight is 340 g/mol. The van der Waals surface area contributed by atoms with E-state index in [9.17, 15) is 8.78 Å². The van der Waals surface area contributed by atoms with Crippen molar-refractivity contribution in [2.75, 3.05) is 0 Å². The topological polar surface area (TPSA) is 35.2 Å². The molecular formula is C15H12BrF2NO. The lowest BCUT2D eigenvalue weighted by Gasteiger charge is -2.31. The van der Waals surface area contributed by atoms with E-state index in [0.717, 1.165) is 10.0 Å². The van der Waals surface area contributed by atoms with Crippen LogP contribution in [0.15, 0.2) is 40.9 Å². The zero-order valence-electron chi connectivity index (χ0n) is 10.4. The van der Waals surface area contributed by atoms with Gasteiger partial charge in [0.05, 0.1) is 5.56 Å². The molecule has 0 saturated heterocycles. The summed E-state index contributed by atoms with van der Waals surface area (Å²) in [6.45, 7) is 0. The first kappa shape index (κ1) is 13.5. The van der Waals surface area contributed by atoms with Crippen LogP contribution in [0.1, 0.15) is 29.7 Å². The van der Waals surface area contributed by atoms with E-state index in [-0.39, 0.29) is 11.6 Å². The van der Waals surface area contributed by atoms with Crippen LogP contribution in [0, 0.1) is 11.6 Å². The summed E-state index contributed by atoms with van der Waals surface area (Å²) >= 11 is 3.35. The Balaban J connectivity index is 2.03. The van der Waals surface area contributed by atoms with Crippen LogP contribution < -0.4 is 10.5 Å². The van der Waals surface area contributed by atoms with Crippen molar-refractivity contribution in [3.63, 3.8) is 0 Å². The molecule has 1 aliphatic heterocycles. The van der Waals surface area contributed by atoms with Crippen LogP contribution in [0.5, 0.6) is 5.75 Å². The number of hydrogen-bond acceptors (Lipinski definition) is 2. The highest BCUT2D eigenvalue weighted by molar-refractivity contribution is 9.10. The highest BCUT2D eigenvalue weighted by Crippen LogP contribution is 2.41. The molecule has 2 atom stereocenters. The van der Waals surface area contributed by atoms with E-state index < -0.39 is 17.7 Å². The van der Waals surface area contributed by atoms with E-state index in [1.54, 1.807) is 6.07 Å². The molecule has 0 bridgehead atoms. The first-order valence-corrected chi connectivity index (χ1v) is 7.01. The van der Waals surface area contributed by atoms with Gasteiger partial charge >= 0.3 is 0 Å². The molecule has 20 heavy (non-hydrogen) atoms. The normalized spacial score (nSPS) is 21.2. The first-order chi connectivity index (χ1) is 9.56. The van der Waals surface area contributed by atoms with Crippen LogP contribution in [-0.4, -0.2) is 0 Å². The number of fused-ring (bicyclic) bond motifs is 1. The number of rotatable bonds is 1. The summed E-state index contributed by atoms with van der Waals surface area (Å²) < 4.78 is 34.3. The number of hydrogen-bond donors (Lipinski definition) is 1. The second-order valence-corrected chi connectivity index (χ2v) is 5.68. The van der Waals surface area contributed by atoms with Crippen molar-refractivity contribution in [3.05, 3.63) is 63.6 Å². The van der Waals surface area contributed by atoms with Gasteiger partial charge in [-0.3, -0.25) is 0 Å². The SMILES string of the molecule is N[C@H]1CC(c2c(F)cccc2F)Oc2cc(Br)ccc21. The van der Waals surface area contributed by atoms with Gasteiger partial charge < -0.3 is 10.5 Å². The van der Waals surface area contributed by atoms with Crippen LogP contribution in [-0.2, 0) is 0 Å². The third kappa shape index (κ3) is 2.31. The Morgan fingerprint density at radius 3 is 2.55 bits per heavy atom. The van der Waals surface area contributed by atoms with Crippen LogP contribution >= 0.6 is 15.9 Å². The first-order valence-electron chi connectivity index (χ1n) is 6.22. The minimum Gasteiger partial charge on any atom is -0.485 e. The van der Waals surface area contributed by atoms with Crippen molar-refractivity contribution in [1.29, 1.82) is 0 Å². The number of nitrogens with two attached hydrogens (primary N) is 1. The zero-order chi connectivity index (χ0) is 14.3. The molecular weight excluding hydrogens is 328 g/mol. The fourth-order valence-electron chi connectivity index (χ4n) is 2.47. The predicted molar refractivity (Wildman–Crippen MR) is 75.4 cm³/mol. The Kier molecular flexibility index (Phi) is 3.48. The summed E-state index contributed by atoms with van der Waals surface area (Å²) in [5.41, 5.74) is 6.87. The summed E-state index contributed by atoms with van der Waals surface area (Å²) in [7, 11) is 0. The van der Waals surface area contributed by atoms with Crippen molar-refractivity contribution >= 4 is 15.9 Å². The molecule has 1 unspecified atom stereocenters. The lowest BCUT2D eigenvalue weighted by Crippen LogP contribution is -2.25. The molecule has 0 aromatic heterocycles. The van der Waals surface area contributed by atoms with Crippen molar-refractivity contribution < 1.29 is 13.5 Å². The highest BCUT2D eigenvalue weighted by atomic mass is 79.9. The molecule has 0 aliphatic carbocycles. The van der Waals surface area contributed by atoms with Gasteiger partial charge in [0.1, 0.15) is 23.5 Å². The largest absolute Gasteiger partial charge is 0.485 e. The Morgan fingerprint density at radius 1 is 1.15 bits per heavy atom. The minimum absolute atomic E-state index is 0.0615. The molecule has 2 aromatic rings. The van der Waals surface area contributed by atoms with Gasteiger partial charge in [-0.15, -0.1) is 0 Å².